The Bertz CT molecular complexity index is 788. The van der Waals surface area contributed by atoms with Crippen molar-refractivity contribution >= 4 is 0 Å². The van der Waals surface area contributed by atoms with Crippen molar-refractivity contribution in [3.63, 3.8) is 0 Å². The molecule has 1 aromatic rings. The van der Waals surface area contributed by atoms with Gasteiger partial charge < -0.3 is 14.2 Å². The SMILES string of the molecule is CCCCCC1CCC(C2CCC(C(F)(F)Oc3cc(F)c(OC=C(F)F)c(F)c3)CC2)OC1. The van der Waals surface area contributed by atoms with E-state index in [0.29, 0.717) is 30.9 Å². The van der Waals surface area contributed by atoms with Gasteiger partial charge in [0.1, 0.15) is 5.75 Å². The summed E-state index contributed by atoms with van der Waals surface area (Å²) in [5.41, 5.74) is 0. The lowest BCUT2D eigenvalue weighted by atomic mass is 9.76. The predicted molar refractivity (Wildman–Crippen MR) is 115 cm³/mol. The fourth-order valence-electron chi connectivity index (χ4n) is 4.99. The van der Waals surface area contributed by atoms with Crippen molar-refractivity contribution in [2.45, 2.75) is 83.3 Å². The molecular formula is C25H32F6O3. The molecule has 3 nitrogen and oxygen atoms in total. The molecule has 2 aliphatic rings. The minimum Gasteiger partial charge on any atom is -0.453 e. The van der Waals surface area contributed by atoms with E-state index in [1.807, 2.05) is 0 Å². The Labute approximate surface area is 196 Å². The molecule has 3 rings (SSSR count). The fraction of sp³-hybridized carbons (Fsp3) is 0.680. The van der Waals surface area contributed by atoms with Crippen LogP contribution in [0.2, 0.25) is 0 Å². The van der Waals surface area contributed by atoms with Gasteiger partial charge in [-0.25, -0.2) is 8.78 Å². The molecule has 0 bridgehead atoms. The summed E-state index contributed by atoms with van der Waals surface area (Å²) in [6.45, 7) is 2.91. The number of ether oxygens (including phenoxy) is 3. The summed E-state index contributed by atoms with van der Waals surface area (Å²) in [5, 5.41) is 0. The molecule has 1 aliphatic heterocycles. The number of unbranched alkanes of at least 4 members (excludes halogenated alkanes) is 2. The summed E-state index contributed by atoms with van der Waals surface area (Å²) < 4.78 is 96.5. The van der Waals surface area contributed by atoms with Crippen LogP contribution in [0.5, 0.6) is 11.5 Å². The van der Waals surface area contributed by atoms with Crippen LogP contribution in [-0.4, -0.2) is 18.8 Å². The van der Waals surface area contributed by atoms with E-state index in [0.717, 1.165) is 19.4 Å². The van der Waals surface area contributed by atoms with Crippen molar-refractivity contribution in [1.29, 1.82) is 0 Å². The zero-order valence-corrected chi connectivity index (χ0v) is 19.3. The van der Waals surface area contributed by atoms with Crippen LogP contribution in [0, 0.1) is 29.4 Å². The van der Waals surface area contributed by atoms with Crippen molar-refractivity contribution < 1.29 is 40.6 Å². The number of hydrogen-bond acceptors (Lipinski definition) is 3. The van der Waals surface area contributed by atoms with E-state index in [-0.39, 0.29) is 31.1 Å². The van der Waals surface area contributed by atoms with E-state index in [9.17, 15) is 26.3 Å². The van der Waals surface area contributed by atoms with Gasteiger partial charge in [0.05, 0.1) is 12.0 Å². The normalized spacial score (nSPS) is 25.6. The van der Waals surface area contributed by atoms with E-state index in [1.165, 1.54) is 25.7 Å². The maximum atomic E-state index is 14.7. The number of halogens is 6. The lowest BCUT2D eigenvalue weighted by molar-refractivity contribution is -0.225. The quantitative estimate of drug-likeness (QED) is 0.186. The molecular weight excluding hydrogens is 462 g/mol. The summed E-state index contributed by atoms with van der Waals surface area (Å²) in [7, 11) is 0. The first-order chi connectivity index (χ1) is 16.2. The Morgan fingerprint density at radius 3 is 2.26 bits per heavy atom. The lowest BCUT2D eigenvalue weighted by Crippen LogP contribution is -2.40. The average Bonchev–Trinajstić information content (AvgIpc) is 2.79. The third-order valence-corrected chi connectivity index (χ3v) is 6.89. The monoisotopic (exact) mass is 494 g/mol. The van der Waals surface area contributed by atoms with Gasteiger partial charge in [-0.15, -0.1) is 0 Å². The minimum atomic E-state index is -3.63. The summed E-state index contributed by atoms with van der Waals surface area (Å²) in [6, 6.07) is 0.990. The zero-order chi connectivity index (χ0) is 24.7. The van der Waals surface area contributed by atoms with Crippen molar-refractivity contribution in [3.05, 3.63) is 36.1 Å². The first kappa shape index (κ1) is 26.7. The Balaban J connectivity index is 1.50. The predicted octanol–water partition coefficient (Wildman–Crippen LogP) is 8.24. The van der Waals surface area contributed by atoms with E-state index >= 15 is 0 Å². The molecule has 0 spiro atoms. The van der Waals surface area contributed by atoms with Crippen molar-refractivity contribution in [2.24, 2.45) is 17.8 Å². The van der Waals surface area contributed by atoms with Gasteiger partial charge in [-0.2, -0.15) is 17.6 Å². The van der Waals surface area contributed by atoms with Crippen molar-refractivity contribution in [3.8, 4) is 11.5 Å². The van der Waals surface area contributed by atoms with Gasteiger partial charge in [0, 0.05) is 18.7 Å². The van der Waals surface area contributed by atoms with E-state index in [1.54, 1.807) is 0 Å². The van der Waals surface area contributed by atoms with Gasteiger partial charge in [0.25, 0.3) is 0 Å². The van der Waals surface area contributed by atoms with Gasteiger partial charge in [-0.3, -0.25) is 0 Å². The highest BCUT2D eigenvalue weighted by atomic mass is 19.3. The molecule has 9 heteroatoms. The number of hydrogen-bond donors (Lipinski definition) is 0. The first-order valence-electron chi connectivity index (χ1n) is 12.0. The maximum absolute atomic E-state index is 14.7. The molecule has 0 N–H and O–H groups in total. The number of rotatable bonds is 10. The summed E-state index contributed by atoms with van der Waals surface area (Å²) in [5.74, 6) is -4.99. The second kappa shape index (κ2) is 12.2. The molecule has 0 aromatic heterocycles. The molecule has 2 fully saturated rings. The maximum Gasteiger partial charge on any atom is 0.400 e. The average molecular weight is 495 g/mol. The number of benzene rings is 1. The van der Waals surface area contributed by atoms with Gasteiger partial charge >= 0.3 is 12.2 Å². The first-order valence-corrected chi connectivity index (χ1v) is 12.0. The zero-order valence-electron chi connectivity index (χ0n) is 19.3. The molecule has 2 atom stereocenters. The Morgan fingerprint density at radius 2 is 1.71 bits per heavy atom. The molecule has 1 aliphatic carbocycles. The molecule has 1 saturated carbocycles. The third-order valence-electron chi connectivity index (χ3n) is 6.89. The number of alkyl halides is 2. The highest BCUT2D eigenvalue weighted by Gasteiger charge is 2.45. The molecule has 1 saturated heterocycles. The largest absolute Gasteiger partial charge is 0.453 e. The standard InChI is InChI=1S/C25H32F6O3/c1-2-3-4-5-16-6-11-22(32-14-16)17-7-9-18(10-8-17)25(30,31)34-19-12-20(26)24(21(27)13-19)33-15-23(28)29/h12-13,15-18,22H,2-11,14H2,1H3. The van der Waals surface area contributed by atoms with Gasteiger partial charge in [0.2, 0.25) is 0 Å². The van der Waals surface area contributed by atoms with Crippen LogP contribution in [0.3, 0.4) is 0 Å². The Hall–Kier alpha value is -1.90. The third kappa shape index (κ3) is 7.30. The Kier molecular flexibility index (Phi) is 9.56. The van der Waals surface area contributed by atoms with Crippen LogP contribution < -0.4 is 9.47 Å². The second-order valence-electron chi connectivity index (χ2n) is 9.33. The highest BCUT2D eigenvalue weighted by Crippen LogP contribution is 2.43. The highest BCUT2D eigenvalue weighted by molar-refractivity contribution is 5.35. The summed E-state index contributed by atoms with van der Waals surface area (Å²) in [4.78, 5) is 0. The van der Waals surface area contributed by atoms with Crippen LogP contribution in [0.15, 0.2) is 24.5 Å². The molecule has 1 heterocycles. The van der Waals surface area contributed by atoms with Crippen LogP contribution in [0.25, 0.3) is 0 Å². The summed E-state index contributed by atoms with van der Waals surface area (Å²) in [6.07, 6.45) is 2.47. The van der Waals surface area contributed by atoms with Crippen molar-refractivity contribution in [1.82, 2.24) is 0 Å². The van der Waals surface area contributed by atoms with E-state index in [4.69, 9.17) is 4.74 Å². The van der Waals surface area contributed by atoms with Gasteiger partial charge in [-0.05, 0) is 56.8 Å². The second-order valence-corrected chi connectivity index (χ2v) is 9.33. The molecule has 34 heavy (non-hydrogen) atoms. The van der Waals surface area contributed by atoms with Crippen LogP contribution >= 0.6 is 0 Å². The topological polar surface area (TPSA) is 27.7 Å². The van der Waals surface area contributed by atoms with Crippen molar-refractivity contribution in [2.75, 3.05) is 6.61 Å². The lowest BCUT2D eigenvalue weighted by Gasteiger charge is -2.39. The molecule has 192 valence electrons. The van der Waals surface area contributed by atoms with E-state index < -0.39 is 41.2 Å². The van der Waals surface area contributed by atoms with Gasteiger partial charge in [-0.1, -0.05) is 26.2 Å². The summed E-state index contributed by atoms with van der Waals surface area (Å²) >= 11 is 0. The van der Waals surface area contributed by atoms with Crippen LogP contribution in [-0.2, 0) is 4.74 Å². The molecule has 0 amide bonds. The Morgan fingerprint density at radius 1 is 1.03 bits per heavy atom. The van der Waals surface area contributed by atoms with Crippen LogP contribution in [0.1, 0.15) is 71.1 Å². The molecule has 2 unspecified atom stereocenters. The van der Waals surface area contributed by atoms with E-state index in [2.05, 4.69) is 16.4 Å². The van der Waals surface area contributed by atoms with Gasteiger partial charge in [0.15, 0.2) is 23.6 Å². The molecule has 0 radical (unpaired) electrons. The smallest absolute Gasteiger partial charge is 0.400 e. The van der Waals surface area contributed by atoms with Crippen LogP contribution in [0.4, 0.5) is 26.3 Å². The molecule has 1 aromatic carbocycles. The minimum absolute atomic E-state index is 0.0943. The fourth-order valence-corrected chi connectivity index (χ4v) is 4.99.